The van der Waals surface area contributed by atoms with Gasteiger partial charge in [0.2, 0.25) is 21.8 Å². The van der Waals surface area contributed by atoms with Crippen molar-refractivity contribution in [2.45, 2.75) is 70.5 Å². The molecule has 9 nitrogen and oxygen atoms in total. The van der Waals surface area contributed by atoms with Gasteiger partial charge in [-0.3, -0.25) is 19.4 Å². The van der Waals surface area contributed by atoms with E-state index in [1.165, 1.54) is 4.31 Å². The number of rotatable bonds is 10. The molecule has 0 radical (unpaired) electrons. The normalized spacial score (nSPS) is 19.6. The maximum atomic E-state index is 13.0. The third kappa shape index (κ3) is 6.16. The number of hydrogen-bond donors (Lipinski definition) is 2. The van der Waals surface area contributed by atoms with E-state index in [0.717, 1.165) is 12.8 Å². The summed E-state index contributed by atoms with van der Waals surface area (Å²) in [4.78, 5) is 29.8. The first-order valence-corrected chi connectivity index (χ1v) is 13.7. The van der Waals surface area contributed by atoms with Crippen molar-refractivity contribution in [1.82, 2.24) is 19.4 Å². The van der Waals surface area contributed by atoms with Crippen LogP contribution >= 0.6 is 0 Å². The molecule has 3 rings (SSSR count). The summed E-state index contributed by atoms with van der Waals surface area (Å²) in [5.41, 5.74) is 1.12. The van der Waals surface area contributed by atoms with Crippen LogP contribution < -0.4 is 10.6 Å². The summed E-state index contributed by atoms with van der Waals surface area (Å²) in [6.07, 6.45) is 2.14. The molecule has 10 heteroatoms. The molecule has 1 saturated heterocycles. The molecule has 2 fully saturated rings. The van der Waals surface area contributed by atoms with Crippen molar-refractivity contribution in [2.24, 2.45) is 0 Å². The van der Waals surface area contributed by atoms with Crippen LogP contribution in [0.25, 0.3) is 0 Å². The molecule has 1 aromatic rings. The Balaban J connectivity index is 1.59. The minimum Gasteiger partial charge on any atom is -0.352 e. The van der Waals surface area contributed by atoms with Gasteiger partial charge < -0.3 is 10.6 Å². The Bertz CT molecular complexity index is 983. The average molecular weight is 494 g/mol. The fourth-order valence-electron chi connectivity index (χ4n) is 4.30. The molecule has 0 unspecified atom stereocenters. The van der Waals surface area contributed by atoms with E-state index in [9.17, 15) is 18.0 Å². The fourth-order valence-corrected chi connectivity index (χ4v) is 6.01. The van der Waals surface area contributed by atoms with E-state index < -0.39 is 10.0 Å². The number of sulfonamides is 1. The van der Waals surface area contributed by atoms with E-state index in [4.69, 9.17) is 0 Å². The van der Waals surface area contributed by atoms with Crippen molar-refractivity contribution in [2.75, 3.05) is 44.6 Å². The van der Waals surface area contributed by atoms with Gasteiger partial charge in [-0.05, 0) is 51.3 Å². The van der Waals surface area contributed by atoms with Crippen LogP contribution in [0, 0.1) is 6.92 Å². The highest BCUT2D eigenvalue weighted by molar-refractivity contribution is 7.89. The Morgan fingerprint density at radius 2 is 1.53 bits per heavy atom. The van der Waals surface area contributed by atoms with Gasteiger partial charge in [-0.1, -0.05) is 19.9 Å². The number of anilines is 1. The lowest BCUT2D eigenvalue weighted by atomic mass is 10.1. The lowest BCUT2D eigenvalue weighted by Crippen LogP contribution is -2.57. The Labute approximate surface area is 203 Å². The van der Waals surface area contributed by atoms with Gasteiger partial charge in [0.1, 0.15) is 0 Å². The lowest BCUT2D eigenvalue weighted by molar-refractivity contribution is -0.128. The second kappa shape index (κ2) is 11.2. The molecule has 1 aromatic carbocycles. The van der Waals surface area contributed by atoms with Crippen LogP contribution in [0.3, 0.4) is 0 Å². The van der Waals surface area contributed by atoms with Crippen LogP contribution in [0.15, 0.2) is 23.1 Å². The van der Waals surface area contributed by atoms with E-state index in [-0.39, 0.29) is 28.8 Å². The summed E-state index contributed by atoms with van der Waals surface area (Å²) < 4.78 is 27.4. The van der Waals surface area contributed by atoms with Crippen molar-refractivity contribution in [1.29, 1.82) is 0 Å². The standard InChI is InChI=1S/C24H39N5O4S/c1-6-29(7-2)34(32,33)22-16-21(9-8-17(22)3)26-24(31)19(5)28-14-12-27(13-15-28)18(4)23(30)25-20-10-11-20/h8-9,16,18-20H,6-7,10-15H2,1-5H3,(H,25,30)(H,26,31)/t18-,19+/m1/s1. The number of aryl methyl sites for hydroxylation is 1. The molecule has 2 atom stereocenters. The number of carbonyl (C=O) groups is 2. The highest BCUT2D eigenvalue weighted by Crippen LogP contribution is 2.24. The molecule has 1 heterocycles. The Kier molecular flexibility index (Phi) is 8.72. The van der Waals surface area contributed by atoms with Crippen molar-refractivity contribution in [3.63, 3.8) is 0 Å². The second-order valence-electron chi connectivity index (χ2n) is 9.27. The van der Waals surface area contributed by atoms with Crippen molar-refractivity contribution in [3.8, 4) is 0 Å². The Hall–Kier alpha value is -2.01. The number of piperazine rings is 1. The van der Waals surface area contributed by atoms with Crippen molar-refractivity contribution >= 4 is 27.5 Å². The van der Waals surface area contributed by atoms with Gasteiger partial charge in [0.25, 0.3) is 0 Å². The summed E-state index contributed by atoms with van der Waals surface area (Å²) in [6, 6.07) is 4.81. The highest BCUT2D eigenvalue weighted by atomic mass is 32.2. The number of amides is 2. The van der Waals surface area contributed by atoms with Crippen LogP contribution in [0.2, 0.25) is 0 Å². The van der Waals surface area contributed by atoms with Crippen molar-refractivity contribution < 1.29 is 18.0 Å². The second-order valence-corrected chi connectivity index (χ2v) is 11.2. The summed E-state index contributed by atoms with van der Waals surface area (Å²) in [7, 11) is -3.62. The Morgan fingerprint density at radius 3 is 2.03 bits per heavy atom. The molecule has 34 heavy (non-hydrogen) atoms. The van der Waals surface area contributed by atoms with Gasteiger partial charge in [-0.25, -0.2) is 8.42 Å². The zero-order valence-corrected chi connectivity index (χ0v) is 21.8. The predicted molar refractivity (Wildman–Crippen MR) is 133 cm³/mol. The summed E-state index contributed by atoms with van der Waals surface area (Å²) >= 11 is 0. The molecular weight excluding hydrogens is 454 g/mol. The number of nitrogens with zero attached hydrogens (tertiary/aromatic N) is 3. The third-order valence-corrected chi connectivity index (χ3v) is 9.10. The van der Waals surface area contributed by atoms with Crippen molar-refractivity contribution in [3.05, 3.63) is 23.8 Å². The summed E-state index contributed by atoms with van der Waals surface area (Å²) in [5.74, 6) is -0.0976. The largest absolute Gasteiger partial charge is 0.352 e. The first-order valence-electron chi connectivity index (χ1n) is 12.3. The molecule has 2 N–H and O–H groups in total. The zero-order chi connectivity index (χ0) is 25.0. The summed E-state index contributed by atoms with van der Waals surface area (Å²) in [5, 5.41) is 5.95. The molecule has 1 saturated carbocycles. The third-order valence-electron chi connectivity index (χ3n) is 6.91. The van der Waals surface area contributed by atoms with Crippen LogP contribution in [0.4, 0.5) is 5.69 Å². The minimum absolute atomic E-state index is 0.0802. The van der Waals surface area contributed by atoms with E-state index in [2.05, 4.69) is 20.4 Å². The zero-order valence-electron chi connectivity index (χ0n) is 21.0. The van der Waals surface area contributed by atoms with E-state index in [1.54, 1.807) is 25.1 Å². The first-order chi connectivity index (χ1) is 16.1. The van der Waals surface area contributed by atoms with Gasteiger partial charge in [0.15, 0.2) is 0 Å². The SMILES string of the molecule is CCN(CC)S(=O)(=O)c1cc(NC(=O)[C@H](C)N2CCN([C@H](C)C(=O)NC3CC3)CC2)ccc1C. The molecule has 190 valence electrons. The fraction of sp³-hybridized carbons (Fsp3) is 0.667. The van der Waals surface area contributed by atoms with Crippen LogP contribution in [-0.4, -0.2) is 91.7 Å². The molecule has 1 aliphatic carbocycles. The maximum absolute atomic E-state index is 13.0. The van der Waals surface area contributed by atoms with E-state index in [0.29, 0.717) is 56.6 Å². The lowest BCUT2D eigenvalue weighted by Gasteiger charge is -2.39. The van der Waals surface area contributed by atoms with Gasteiger partial charge in [0, 0.05) is 51.0 Å². The van der Waals surface area contributed by atoms with E-state index >= 15 is 0 Å². The summed E-state index contributed by atoms with van der Waals surface area (Å²) in [6.45, 7) is 12.7. The first kappa shape index (κ1) is 26.6. The number of carbonyl (C=O) groups excluding carboxylic acids is 2. The molecule has 0 bridgehead atoms. The molecule has 0 aromatic heterocycles. The smallest absolute Gasteiger partial charge is 0.243 e. The van der Waals surface area contributed by atoms with E-state index in [1.807, 2.05) is 27.7 Å². The quantitative estimate of drug-likeness (QED) is 0.514. The van der Waals surface area contributed by atoms with Crippen LogP contribution in [0.1, 0.15) is 46.1 Å². The molecule has 1 aliphatic heterocycles. The van der Waals surface area contributed by atoms with Gasteiger partial charge >= 0.3 is 0 Å². The predicted octanol–water partition coefficient (Wildman–Crippen LogP) is 1.64. The van der Waals surface area contributed by atoms with Gasteiger partial charge in [0.05, 0.1) is 17.0 Å². The molecular formula is C24H39N5O4S. The number of benzene rings is 1. The van der Waals surface area contributed by atoms with Crippen LogP contribution in [-0.2, 0) is 19.6 Å². The number of nitrogens with one attached hydrogen (secondary N) is 2. The molecule has 0 spiro atoms. The molecule has 2 aliphatic rings. The highest BCUT2D eigenvalue weighted by Gasteiger charge is 2.32. The monoisotopic (exact) mass is 493 g/mol. The minimum atomic E-state index is -3.62. The molecule has 2 amide bonds. The topological polar surface area (TPSA) is 102 Å². The maximum Gasteiger partial charge on any atom is 0.243 e. The number of hydrogen-bond acceptors (Lipinski definition) is 6. The Morgan fingerprint density at radius 1 is 1.00 bits per heavy atom. The average Bonchev–Trinajstić information content (AvgIpc) is 3.63. The van der Waals surface area contributed by atoms with Gasteiger partial charge in [-0.2, -0.15) is 4.31 Å². The van der Waals surface area contributed by atoms with Gasteiger partial charge in [-0.15, -0.1) is 0 Å². The van der Waals surface area contributed by atoms with Crippen LogP contribution in [0.5, 0.6) is 0 Å².